The maximum Gasteiger partial charge on any atom is 0.310 e. The molecule has 0 saturated carbocycles. The summed E-state index contributed by atoms with van der Waals surface area (Å²) in [5.74, 6) is -0.575. The van der Waals surface area contributed by atoms with Crippen molar-refractivity contribution in [1.82, 2.24) is 9.88 Å². The van der Waals surface area contributed by atoms with E-state index in [4.69, 9.17) is 4.74 Å². The van der Waals surface area contributed by atoms with Crippen molar-refractivity contribution < 1.29 is 14.3 Å². The van der Waals surface area contributed by atoms with Gasteiger partial charge in [-0.2, -0.15) is 0 Å². The molecule has 1 aromatic carbocycles. The molecule has 5 heteroatoms. The van der Waals surface area contributed by atoms with Gasteiger partial charge in [-0.15, -0.1) is 0 Å². The Morgan fingerprint density at radius 1 is 1.43 bits per heavy atom. The van der Waals surface area contributed by atoms with Gasteiger partial charge in [-0.3, -0.25) is 9.59 Å². The van der Waals surface area contributed by atoms with Crippen molar-refractivity contribution >= 4 is 22.8 Å². The first kappa shape index (κ1) is 13.7. The number of benzene rings is 1. The lowest BCUT2D eigenvalue weighted by molar-refractivity contribution is -0.145. The number of methoxy groups -OCH3 is 1. The SMILES string of the molecule is COC(=O)[C@H]1CC(=O)N(CCc2c[nH]c3ccccc23)C1. The fourth-order valence-corrected chi connectivity index (χ4v) is 2.91. The monoisotopic (exact) mass is 286 g/mol. The lowest BCUT2D eigenvalue weighted by atomic mass is 10.1. The Morgan fingerprint density at radius 2 is 2.24 bits per heavy atom. The smallest absolute Gasteiger partial charge is 0.310 e. The molecule has 1 fully saturated rings. The first-order valence-electron chi connectivity index (χ1n) is 7.09. The van der Waals surface area contributed by atoms with Crippen LogP contribution < -0.4 is 0 Å². The summed E-state index contributed by atoms with van der Waals surface area (Å²) < 4.78 is 4.72. The van der Waals surface area contributed by atoms with Gasteiger partial charge >= 0.3 is 5.97 Å². The zero-order valence-electron chi connectivity index (χ0n) is 12.0. The van der Waals surface area contributed by atoms with Gasteiger partial charge in [0.25, 0.3) is 0 Å². The molecule has 0 radical (unpaired) electrons. The molecule has 1 atom stereocenters. The van der Waals surface area contributed by atoms with Gasteiger partial charge in [-0.05, 0) is 18.1 Å². The summed E-state index contributed by atoms with van der Waals surface area (Å²) in [7, 11) is 1.36. The van der Waals surface area contributed by atoms with Crippen LogP contribution in [0.5, 0.6) is 0 Å². The summed E-state index contributed by atoms with van der Waals surface area (Å²) in [6, 6.07) is 8.11. The van der Waals surface area contributed by atoms with Crippen LogP contribution in [0.25, 0.3) is 10.9 Å². The number of carbonyl (C=O) groups excluding carboxylic acids is 2. The number of nitrogens with one attached hydrogen (secondary N) is 1. The molecule has 0 unspecified atom stereocenters. The predicted octanol–water partition coefficient (Wildman–Crippen LogP) is 1.73. The van der Waals surface area contributed by atoms with Gasteiger partial charge in [0.2, 0.25) is 5.91 Å². The number of para-hydroxylation sites is 1. The Bertz CT molecular complexity index is 677. The number of carbonyl (C=O) groups is 2. The zero-order valence-corrected chi connectivity index (χ0v) is 12.0. The number of esters is 1. The molecule has 1 aliphatic rings. The zero-order chi connectivity index (χ0) is 14.8. The van der Waals surface area contributed by atoms with Gasteiger partial charge in [-0.25, -0.2) is 0 Å². The maximum absolute atomic E-state index is 11.9. The lowest BCUT2D eigenvalue weighted by Gasteiger charge is -2.15. The molecule has 0 aliphatic carbocycles. The van der Waals surface area contributed by atoms with Crippen molar-refractivity contribution in [3.05, 3.63) is 36.0 Å². The van der Waals surface area contributed by atoms with Crippen LogP contribution in [-0.2, 0) is 20.7 Å². The van der Waals surface area contributed by atoms with E-state index in [1.807, 2.05) is 24.4 Å². The predicted molar refractivity (Wildman–Crippen MR) is 78.7 cm³/mol. The number of likely N-dealkylation sites (tertiary alicyclic amines) is 1. The van der Waals surface area contributed by atoms with Gasteiger partial charge in [-0.1, -0.05) is 18.2 Å². The van der Waals surface area contributed by atoms with Crippen LogP contribution in [0.3, 0.4) is 0 Å². The Labute approximate surface area is 122 Å². The third-order valence-electron chi connectivity index (χ3n) is 4.07. The van der Waals surface area contributed by atoms with E-state index in [1.54, 1.807) is 4.90 Å². The number of fused-ring (bicyclic) bond motifs is 1. The van der Waals surface area contributed by atoms with Gasteiger partial charge in [0.1, 0.15) is 0 Å². The molecule has 5 nitrogen and oxygen atoms in total. The molecule has 2 aromatic rings. The number of hydrogen-bond donors (Lipinski definition) is 1. The van der Waals surface area contributed by atoms with Crippen LogP contribution in [-0.4, -0.2) is 42.0 Å². The molecular weight excluding hydrogens is 268 g/mol. The average molecular weight is 286 g/mol. The van der Waals surface area contributed by atoms with Gasteiger partial charge < -0.3 is 14.6 Å². The number of nitrogens with zero attached hydrogens (tertiary/aromatic N) is 1. The van der Waals surface area contributed by atoms with E-state index in [9.17, 15) is 9.59 Å². The van der Waals surface area contributed by atoms with E-state index >= 15 is 0 Å². The summed E-state index contributed by atoms with van der Waals surface area (Å²) in [5.41, 5.74) is 2.30. The maximum atomic E-state index is 11.9. The van der Waals surface area contributed by atoms with E-state index < -0.39 is 0 Å². The summed E-state index contributed by atoms with van der Waals surface area (Å²) in [5, 5.41) is 1.19. The number of H-pyrrole nitrogens is 1. The topological polar surface area (TPSA) is 62.4 Å². The molecule has 2 heterocycles. The van der Waals surface area contributed by atoms with Crippen LogP contribution in [0.4, 0.5) is 0 Å². The molecule has 3 rings (SSSR count). The number of aromatic nitrogens is 1. The molecule has 1 N–H and O–H groups in total. The largest absolute Gasteiger partial charge is 0.469 e. The van der Waals surface area contributed by atoms with Crippen LogP contribution >= 0.6 is 0 Å². The first-order chi connectivity index (χ1) is 10.2. The molecule has 1 saturated heterocycles. The van der Waals surface area contributed by atoms with E-state index in [1.165, 1.54) is 18.1 Å². The Kier molecular flexibility index (Phi) is 3.64. The van der Waals surface area contributed by atoms with Crippen molar-refractivity contribution in [3.63, 3.8) is 0 Å². The molecule has 1 amide bonds. The van der Waals surface area contributed by atoms with Gasteiger partial charge in [0.05, 0.1) is 13.0 Å². The summed E-state index contributed by atoms with van der Waals surface area (Å²) >= 11 is 0. The van der Waals surface area contributed by atoms with Crippen molar-refractivity contribution in [2.75, 3.05) is 20.2 Å². The highest BCUT2D eigenvalue weighted by Crippen LogP contribution is 2.22. The van der Waals surface area contributed by atoms with Crippen LogP contribution in [0, 0.1) is 5.92 Å². The van der Waals surface area contributed by atoms with E-state index in [0.29, 0.717) is 13.1 Å². The quantitative estimate of drug-likeness (QED) is 0.871. The summed E-state index contributed by atoms with van der Waals surface area (Å²) in [6.07, 6.45) is 3.03. The highest BCUT2D eigenvalue weighted by molar-refractivity contribution is 5.87. The summed E-state index contributed by atoms with van der Waals surface area (Å²) in [6.45, 7) is 1.10. The standard InChI is InChI=1S/C16H18N2O3/c1-21-16(20)12-8-15(19)18(10-12)7-6-11-9-17-14-5-3-2-4-13(11)14/h2-5,9,12,17H,6-8,10H2,1H3/t12-/m0/s1. The van der Waals surface area contributed by atoms with Crippen molar-refractivity contribution in [2.24, 2.45) is 5.92 Å². The average Bonchev–Trinajstić information content (AvgIpc) is 3.08. The minimum Gasteiger partial charge on any atom is -0.469 e. The number of amides is 1. The van der Waals surface area contributed by atoms with E-state index in [2.05, 4.69) is 11.1 Å². The molecule has 1 aromatic heterocycles. The fourth-order valence-electron chi connectivity index (χ4n) is 2.91. The minimum atomic E-state index is -0.314. The fraction of sp³-hybridized carbons (Fsp3) is 0.375. The number of aromatic amines is 1. The molecule has 1 aliphatic heterocycles. The first-order valence-corrected chi connectivity index (χ1v) is 7.09. The second-order valence-corrected chi connectivity index (χ2v) is 5.37. The molecule has 110 valence electrons. The van der Waals surface area contributed by atoms with Crippen molar-refractivity contribution in [3.8, 4) is 0 Å². The van der Waals surface area contributed by atoms with Gasteiger partial charge in [0, 0.05) is 36.6 Å². The van der Waals surface area contributed by atoms with Crippen molar-refractivity contribution in [1.29, 1.82) is 0 Å². The van der Waals surface area contributed by atoms with Crippen LogP contribution in [0.2, 0.25) is 0 Å². The van der Waals surface area contributed by atoms with E-state index in [-0.39, 0.29) is 24.2 Å². The van der Waals surface area contributed by atoms with Crippen molar-refractivity contribution in [2.45, 2.75) is 12.8 Å². The second kappa shape index (κ2) is 5.60. The molecule has 0 bridgehead atoms. The number of ether oxygens (including phenoxy) is 1. The van der Waals surface area contributed by atoms with Gasteiger partial charge in [0.15, 0.2) is 0 Å². The summed E-state index contributed by atoms with van der Waals surface area (Å²) in [4.78, 5) is 28.4. The number of rotatable bonds is 4. The third kappa shape index (κ3) is 2.63. The second-order valence-electron chi connectivity index (χ2n) is 5.37. The Morgan fingerprint density at radius 3 is 3.05 bits per heavy atom. The minimum absolute atomic E-state index is 0.0326. The lowest BCUT2D eigenvalue weighted by Crippen LogP contribution is -2.28. The Hall–Kier alpha value is -2.30. The highest BCUT2D eigenvalue weighted by atomic mass is 16.5. The molecule has 21 heavy (non-hydrogen) atoms. The van der Waals surface area contributed by atoms with E-state index in [0.717, 1.165) is 11.9 Å². The van der Waals surface area contributed by atoms with Crippen LogP contribution in [0.15, 0.2) is 30.5 Å². The molecular formula is C16H18N2O3. The van der Waals surface area contributed by atoms with Crippen LogP contribution in [0.1, 0.15) is 12.0 Å². The highest BCUT2D eigenvalue weighted by Gasteiger charge is 2.34. The Balaban J connectivity index is 1.65. The third-order valence-corrected chi connectivity index (χ3v) is 4.07. The normalized spacial score (nSPS) is 18.4. The molecule has 0 spiro atoms. The number of hydrogen-bond acceptors (Lipinski definition) is 3.